The van der Waals surface area contributed by atoms with Crippen molar-refractivity contribution in [3.8, 4) is 5.75 Å². The van der Waals surface area contributed by atoms with Gasteiger partial charge in [-0.3, -0.25) is 0 Å². The van der Waals surface area contributed by atoms with Crippen molar-refractivity contribution in [1.29, 1.82) is 0 Å². The van der Waals surface area contributed by atoms with Gasteiger partial charge in [-0.05, 0) is 18.1 Å². The molecule has 1 aromatic rings. The van der Waals surface area contributed by atoms with Gasteiger partial charge in [-0.2, -0.15) is 0 Å². The van der Waals surface area contributed by atoms with Crippen LogP contribution in [0.2, 0.25) is 0 Å². The maximum atomic E-state index is 5.89. The fourth-order valence-corrected chi connectivity index (χ4v) is 2.00. The van der Waals surface area contributed by atoms with E-state index in [1.807, 2.05) is 6.07 Å². The van der Waals surface area contributed by atoms with Crippen molar-refractivity contribution in [2.24, 2.45) is 5.92 Å². The molecule has 17 heavy (non-hydrogen) atoms. The van der Waals surface area contributed by atoms with E-state index in [1.165, 1.54) is 5.69 Å². The molecule has 1 fully saturated rings. The van der Waals surface area contributed by atoms with E-state index in [4.69, 9.17) is 4.74 Å². The molecule has 1 aliphatic rings. The third kappa shape index (κ3) is 3.37. The van der Waals surface area contributed by atoms with Gasteiger partial charge in [0.1, 0.15) is 5.75 Å². The normalized spacial score (nSPS) is 16.3. The first-order chi connectivity index (χ1) is 8.27. The maximum absolute atomic E-state index is 5.89. The van der Waals surface area contributed by atoms with Gasteiger partial charge in [0.25, 0.3) is 0 Å². The van der Waals surface area contributed by atoms with Crippen molar-refractivity contribution in [2.75, 3.05) is 37.7 Å². The van der Waals surface area contributed by atoms with E-state index in [-0.39, 0.29) is 0 Å². The molecule has 3 nitrogen and oxygen atoms in total. The van der Waals surface area contributed by atoms with Crippen LogP contribution in [0.15, 0.2) is 24.3 Å². The van der Waals surface area contributed by atoms with Crippen LogP contribution in [-0.4, -0.2) is 32.8 Å². The fraction of sp³-hybridized carbons (Fsp3) is 0.571. The van der Waals surface area contributed by atoms with Gasteiger partial charge in [0.05, 0.1) is 12.3 Å². The molecular weight excluding hydrogens is 212 g/mol. The molecule has 0 saturated carbocycles. The number of para-hydroxylation sites is 2. The standard InChI is InChI=1S/C14H22N2O/c1-12(2)11-17-14-6-4-3-5-13(14)16-9-7-15-8-10-16/h3-6,12,15H,7-11H2,1-2H3. The molecule has 0 aromatic heterocycles. The summed E-state index contributed by atoms with van der Waals surface area (Å²) < 4.78 is 5.89. The fourth-order valence-electron chi connectivity index (χ4n) is 2.00. The number of nitrogens with one attached hydrogen (secondary N) is 1. The predicted molar refractivity (Wildman–Crippen MR) is 71.9 cm³/mol. The Balaban J connectivity index is 2.09. The smallest absolute Gasteiger partial charge is 0.142 e. The van der Waals surface area contributed by atoms with Crippen LogP contribution in [0.5, 0.6) is 5.75 Å². The van der Waals surface area contributed by atoms with Gasteiger partial charge in [-0.15, -0.1) is 0 Å². The largest absolute Gasteiger partial charge is 0.491 e. The Labute approximate surface area is 104 Å². The molecule has 0 aliphatic carbocycles. The number of piperazine rings is 1. The summed E-state index contributed by atoms with van der Waals surface area (Å²) in [6.45, 7) is 9.35. The lowest BCUT2D eigenvalue weighted by Crippen LogP contribution is -2.43. The molecule has 0 amide bonds. The second kappa shape index (κ2) is 5.92. The average molecular weight is 234 g/mol. The summed E-state index contributed by atoms with van der Waals surface area (Å²) in [5, 5.41) is 3.37. The zero-order valence-electron chi connectivity index (χ0n) is 10.8. The maximum Gasteiger partial charge on any atom is 0.142 e. The SMILES string of the molecule is CC(C)COc1ccccc1N1CCNCC1. The second-order valence-corrected chi connectivity index (χ2v) is 4.91. The molecule has 1 N–H and O–H groups in total. The first-order valence-electron chi connectivity index (χ1n) is 6.45. The zero-order chi connectivity index (χ0) is 12.1. The molecular formula is C14H22N2O. The van der Waals surface area contributed by atoms with Gasteiger partial charge in [0.2, 0.25) is 0 Å². The molecule has 1 aromatic carbocycles. The van der Waals surface area contributed by atoms with Crippen molar-refractivity contribution in [3.05, 3.63) is 24.3 Å². The monoisotopic (exact) mass is 234 g/mol. The molecule has 0 bridgehead atoms. The van der Waals surface area contributed by atoms with Gasteiger partial charge in [-0.25, -0.2) is 0 Å². The van der Waals surface area contributed by atoms with E-state index in [0.29, 0.717) is 5.92 Å². The summed E-state index contributed by atoms with van der Waals surface area (Å²) in [7, 11) is 0. The molecule has 1 aliphatic heterocycles. The number of rotatable bonds is 4. The highest BCUT2D eigenvalue weighted by molar-refractivity contribution is 5.58. The summed E-state index contributed by atoms with van der Waals surface area (Å²) in [5.74, 6) is 1.58. The molecule has 1 saturated heterocycles. The Kier molecular flexibility index (Phi) is 4.26. The van der Waals surface area contributed by atoms with E-state index in [9.17, 15) is 0 Å². The Morgan fingerprint density at radius 1 is 1.24 bits per heavy atom. The third-order valence-corrected chi connectivity index (χ3v) is 2.90. The van der Waals surface area contributed by atoms with Crippen LogP contribution in [0.1, 0.15) is 13.8 Å². The van der Waals surface area contributed by atoms with Crippen molar-refractivity contribution in [2.45, 2.75) is 13.8 Å². The molecule has 1 heterocycles. The summed E-state index contributed by atoms with van der Waals surface area (Å²) in [6, 6.07) is 8.35. The lowest BCUT2D eigenvalue weighted by atomic mass is 10.2. The number of nitrogens with zero attached hydrogens (tertiary/aromatic N) is 1. The van der Waals surface area contributed by atoms with Gasteiger partial charge in [0, 0.05) is 26.2 Å². The van der Waals surface area contributed by atoms with E-state index in [2.05, 4.69) is 42.3 Å². The highest BCUT2D eigenvalue weighted by Crippen LogP contribution is 2.28. The number of anilines is 1. The number of benzene rings is 1. The molecule has 2 rings (SSSR count). The van der Waals surface area contributed by atoms with Crippen LogP contribution in [0.3, 0.4) is 0 Å². The van der Waals surface area contributed by atoms with Gasteiger partial charge in [0.15, 0.2) is 0 Å². The average Bonchev–Trinajstić information content (AvgIpc) is 2.38. The van der Waals surface area contributed by atoms with E-state index in [1.54, 1.807) is 0 Å². The minimum Gasteiger partial charge on any atom is -0.491 e. The molecule has 3 heteroatoms. The summed E-state index contributed by atoms with van der Waals surface area (Å²) >= 11 is 0. The quantitative estimate of drug-likeness (QED) is 0.863. The predicted octanol–water partition coefficient (Wildman–Crippen LogP) is 2.13. The minimum absolute atomic E-state index is 0.561. The van der Waals surface area contributed by atoms with Crippen molar-refractivity contribution >= 4 is 5.69 Å². The summed E-state index contributed by atoms with van der Waals surface area (Å²) in [4.78, 5) is 2.40. The Bertz CT molecular complexity index is 346. The number of ether oxygens (including phenoxy) is 1. The van der Waals surface area contributed by atoms with Crippen LogP contribution < -0.4 is 15.0 Å². The number of hydrogen-bond acceptors (Lipinski definition) is 3. The van der Waals surface area contributed by atoms with Crippen LogP contribution in [0.4, 0.5) is 5.69 Å². The van der Waals surface area contributed by atoms with E-state index >= 15 is 0 Å². The van der Waals surface area contributed by atoms with Crippen LogP contribution in [0, 0.1) is 5.92 Å². The van der Waals surface area contributed by atoms with Crippen molar-refractivity contribution in [3.63, 3.8) is 0 Å². The van der Waals surface area contributed by atoms with Gasteiger partial charge in [-0.1, -0.05) is 26.0 Å². The second-order valence-electron chi connectivity index (χ2n) is 4.91. The Morgan fingerprint density at radius 2 is 1.94 bits per heavy atom. The van der Waals surface area contributed by atoms with Gasteiger partial charge < -0.3 is 15.0 Å². The molecule has 0 atom stereocenters. The van der Waals surface area contributed by atoms with E-state index in [0.717, 1.165) is 38.5 Å². The van der Waals surface area contributed by atoms with E-state index < -0.39 is 0 Å². The van der Waals surface area contributed by atoms with Crippen LogP contribution in [0.25, 0.3) is 0 Å². The van der Waals surface area contributed by atoms with Crippen LogP contribution >= 0.6 is 0 Å². The first-order valence-corrected chi connectivity index (χ1v) is 6.45. The molecule has 0 unspecified atom stereocenters. The lowest BCUT2D eigenvalue weighted by molar-refractivity contribution is 0.271. The Hall–Kier alpha value is -1.22. The summed E-state index contributed by atoms with van der Waals surface area (Å²) in [6.07, 6.45) is 0. The van der Waals surface area contributed by atoms with Crippen LogP contribution in [-0.2, 0) is 0 Å². The number of hydrogen-bond donors (Lipinski definition) is 1. The lowest BCUT2D eigenvalue weighted by Gasteiger charge is -2.30. The zero-order valence-corrected chi connectivity index (χ0v) is 10.8. The van der Waals surface area contributed by atoms with Crippen molar-refractivity contribution in [1.82, 2.24) is 5.32 Å². The minimum atomic E-state index is 0.561. The molecule has 0 radical (unpaired) electrons. The third-order valence-electron chi connectivity index (χ3n) is 2.90. The highest BCUT2D eigenvalue weighted by atomic mass is 16.5. The summed E-state index contributed by atoms with van der Waals surface area (Å²) in [5.41, 5.74) is 1.23. The highest BCUT2D eigenvalue weighted by Gasteiger charge is 2.14. The molecule has 94 valence electrons. The molecule has 0 spiro atoms. The topological polar surface area (TPSA) is 24.5 Å². The van der Waals surface area contributed by atoms with Gasteiger partial charge >= 0.3 is 0 Å². The Morgan fingerprint density at radius 3 is 2.65 bits per heavy atom. The van der Waals surface area contributed by atoms with Crippen molar-refractivity contribution < 1.29 is 4.74 Å². The first kappa shape index (κ1) is 12.2.